The average molecular weight is 294 g/mol. The molecule has 2 N–H and O–H groups in total. The fourth-order valence-corrected chi connectivity index (χ4v) is 1.99. The van der Waals surface area contributed by atoms with Crippen molar-refractivity contribution in [3.05, 3.63) is 0 Å². The summed E-state index contributed by atoms with van der Waals surface area (Å²) in [5, 5.41) is 6.04. The molecule has 118 valence electrons. The van der Waals surface area contributed by atoms with E-state index in [9.17, 15) is 13.2 Å². The molecule has 0 amide bonds. The number of nitrogens with zero attached hydrogens (tertiary/aromatic N) is 2. The van der Waals surface area contributed by atoms with Crippen LogP contribution in [0.15, 0.2) is 4.99 Å². The lowest BCUT2D eigenvalue weighted by atomic mass is 10.4. The van der Waals surface area contributed by atoms with Crippen molar-refractivity contribution in [3.63, 3.8) is 0 Å². The van der Waals surface area contributed by atoms with Gasteiger partial charge in [0.1, 0.15) is 0 Å². The van der Waals surface area contributed by atoms with Gasteiger partial charge in [0.2, 0.25) is 0 Å². The zero-order chi connectivity index (χ0) is 15.0. The number of halogens is 3. The fraction of sp³-hybridized carbons (Fsp3) is 0.923. The van der Waals surface area contributed by atoms with Crippen LogP contribution in [0.4, 0.5) is 13.2 Å². The van der Waals surface area contributed by atoms with Crippen LogP contribution in [-0.4, -0.2) is 55.8 Å². The number of alkyl halides is 3. The Hall–Kier alpha value is -0.980. The highest BCUT2D eigenvalue weighted by Gasteiger charge is 2.27. The largest absolute Gasteiger partial charge is 0.390 e. The summed E-state index contributed by atoms with van der Waals surface area (Å²) >= 11 is 0. The van der Waals surface area contributed by atoms with E-state index in [2.05, 4.69) is 27.4 Å². The summed E-state index contributed by atoms with van der Waals surface area (Å²) in [7, 11) is 0. The second kappa shape index (κ2) is 8.34. The van der Waals surface area contributed by atoms with Gasteiger partial charge in [0.05, 0.1) is 13.0 Å². The quantitative estimate of drug-likeness (QED) is 0.531. The van der Waals surface area contributed by atoms with Crippen molar-refractivity contribution in [2.24, 2.45) is 4.99 Å². The van der Waals surface area contributed by atoms with Gasteiger partial charge in [-0.3, -0.25) is 9.89 Å². The minimum Gasteiger partial charge on any atom is -0.357 e. The predicted molar refractivity (Wildman–Crippen MR) is 74.9 cm³/mol. The maximum atomic E-state index is 12.1. The van der Waals surface area contributed by atoms with Crippen molar-refractivity contribution in [1.29, 1.82) is 0 Å². The summed E-state index contributed by atoms with van der Waals surface area (Å²) in [6.07, 6.45) is -2.51. The normalized spacial score (nSPS) is 16.6. The molecule has 1 saturated carbocycles. The third kappa shape index (κ3) is 7.57. The Labute approximate surface area is 118 Å². The van der Waals surface area contributed by atoms with E-state index in [0.29, 0.717) is 25.1 Å². The zero-order valence-corrected chi connectivity index (χ0v) is 12.3. The minimum absolute atomic E-state index is 0.237. The van der Waals surface area contributed by atoms with Crippen molar-refractivity contribution >= 4 is 5.96 Å². The van der Waals surface area contributed by atoms with Gasteiger partial charge >= 0.3 is 6.18 Å². The maximum Gasteiger partial charge on any atom is 0.390 e. The molecule has 1 aliphatic rings. The van der Waals surface area contributed by atoms with Crippen molar-refractivity contribution in [1.82, 2.24) is 15.5 Å². The van der Waals surface area contributed by atoms with Crippen molar-refractivity contribution in [2.45, 2.75) is 45.3 Å². The molecule has 0 aromatic carbocycles. The summed E-state index contributed by atoms with van der Waals surface area (Å²) in [6, 6.07) is 0.701. The van der Waals surface area contributed by atoms with Crippen LogP contribution in [0.25, 0.3) is 0 Å². The highest BCUT2D eigenvalue weighted by atomic mass is 19.4. The van der Waals surface area contributed by atoms with Gasteiger partial charge in [-0.05, 0) is 26.3 Å². The Morgan fingerprint density at radius 3 is 2.45 bits per heavy atom. The average Bonchev–Trinajstić information content (AvgIpc) is 3.17. The van der Waals surface area contributed by atoms with E-state index in [1.807, 2.05) is 6.92 Å². The Kier molecular flexibility index (Phi) is 7.12. The second-order valence-electron chi connectivity index (χ2n) is 4.91. The number of guanidine groups is 1. The lowest BCUT2D eigenvalue weighted by molar-refractivity contribution is -0.132. The van der Waals surface area contributed by atoms with Crippen LogP contribution in [0.3, 0.4) is 0 Å². The summed E-state index contributed by atoms with van der Waals surface area (Å²) < 4.78 is 36.2. The lowest BCUT2D eigenvalue weighted by Gasteiger charge is -2.20. The number of rotatable bonds is 8. The second-order valence-corrected chi connectivity index (χ2v) is 4.91. The molecule has 0 aliphatic heterocycles. The first-order valence-corrected chi connectivity index (χ1v) is 7.29. The number of likely N-dealkylation sites (N-methyl/N-ethyl adjacent to an activating group) is 1. The molecule has 0 aromatic heterocycles. The predicted octanol–water partition coefficient (Wildman–Crippen LogP) is 1.98. The van der Waals surface area contributed by atoms with E-state index in [1.54, 1.807) is 0 Å². The van der Waals surface area contributed by atoms with Gasteiger partial charge in [0.15, 0.2) is 5.96 Å². The zero-order valence-electron chi connectivity index (χ0n) is 12.3. The molecule has 0 saturated heterocycles. The monoisotopic (exact) mass is 294 g/mol. The van der Waals surface area contributed by atoms with Crippen molar-refractivity contribution in [2.75, 3.05) is 32.7 Å². The topological polar surface area (TPSA) is 39.7 Å². The van der Waals surface area contributed by atoms with Gasteiger partial charge in [0.25, 0.3) is 0 Å². The summed E-state index contributed by atoms with van der Waals surface area (Å²) in [5.41, 5.74) is 0. The molecule has 1 fully saturated rings. The lowest BCUT2D eigenvalue weighted by Crippen LogP contribution is -2.42. The standard InChI is InChI=1S/C13H25F3N4/c1-3-17-12(18-8-7-13(14,15)16)19-9-10-20(4-2)11-5-6-11/h11H,3-10H2,1-2H3,(H2,17,18,19). The van der Waals surface area contributed by atoms with Crippen LogP contribution in [0.2, 0.25) is 0 Å². The molecule has 4 nitrogen and oxygen atoms in total. The van der Waals surface area contributed by atoms with Gasteiger partial charge in [-0.1, -0.05) is 6.92 Å². The first-order valence-electron chi connectivity index (χ1n) is 7.29. The number of hydrogen-bond acceptors (Lipinski definition) is 2. The van der Waals surface area contributed by atoms with Crippen LogP contribution < -0.4 is 10.6 Å². The van der Waals surface area contributed by atoms with Gasteiger partial charge in [-0.25, -0.2) is 0 Å². The van der Waals surface area contributed by atoms with Crippen LogP contribution in [0, 0.1) is 0 Å². The molecule has 0 radical (unpaired) electrons. The summed E-state index contributed by atoms with van der Waals surface area (Å²) in [6.45, 7) is 7.02. The van der Waals surface area contributed by atoms with Gasteiger partial charge in [0, 0.05) is 25.7 Å². The molecular formula is C13H25F3N4. The van der Waals surface area contributed by atoms with E-state index in [-0.39, 0.29) is 6.54 Å². The van der Waals surface area contributed by atoms with Gasteiger partial charge in [-0.15, -0.1) is 0 Å². The molecule has 1 rings (SSSR count). The van der Waals surface area contributed by atoms with Crippen LogP contribution >= 0.6 is 0 Å². The van der Waals surface area contributed by atoms with Crippen LogP contribution in [-0.2, 0) is 0 Å². The van der Waals surface area contributed by atoms with E-state index in [4.69, 9.17) is 0 Å². The first kappa shape index (κ1) is 17.1. The fourth-order valence-electron chi connectivity index (χ4n) is 1.99. The molecule has 0 bridgehead atoms. The number of hydrogen-bond donors (Lipinski definition) is 2. The Morgan fingerprint density at radius 2 is 1.95 bits per heavy atom. The van der Waals surface area contributed by atoms with Gasteiger partial charge < -0.3 is 10.6 Å². The highest BCUT2D eigenvalue weighted by molar-refractivity contribution is 5.79. The minimum atomic E-state index is -4.15. The molecule has 0 heterocycles. The number of nitrogens with one attached hydrogen (secondary N) is 2. The molecule has 0 atom stereocenters. The highest BCUT2D eigenvalue weighted by Crippen LogP contribution is 2.25. The molecule has 7 heteroatoms. The van der Waals surface area contributed by atoms with Crippen molar-refractivity contribution < 1.29 is 13.2 Å². The van der Waals surface area contributed by atoms with E-state index in [1.165, 1.54) is 12.8 Å². The Balaban J connectivity index is 2.28. The van der Waals surface area contributed by atoms with E-state index >= 15 is 0 Å². The molecule has 0 spiro atoms. The van der Waals surface area contributed by atoms with Crippen LogP contribution in [0.5, 0.6) is 0 Å². The molecule has 1 aliphatic carbocycles. The molecule has 0 aromatic rings. The molecule has 20 heavy (non-hydrogen) atoms. The summed E-state index contributed by atoms with van der Waals surface area (Å²) in [5.74, 6) is 0.462. The number of aliphatic imine (C=N–C) groups is 1. The van der Waals surface area contributed by atoms with Crippen molar-refractivity contribution in [3.8, 4) is 0 Å². The first-order chi connectivity index (χ1) is 9.46. The third-order valence-corrected chi connectivity index (χ3v) is 3.17. The smallest absolute Gasteiger partial charge is 0.357 e. The Morgan fingerprint density at radius 1 is 1.25 bits per heavy atom. The third-order valence-electron chi connectivity index (χ3n) is 3.17. The SMILES string of the molecule is CCNC(=NCCC(F)(F)F)NCCN(CC)C1CC1. The summed E-state index contributed by atoms with van der Waals surface area (Å²) in [4.78, 5) is 6.32. The molecule has 0 unspecified atom stereocenters. The van der Waals surface area contributed by atoms with E-state index < -0.39 is 12.6 Å². The van der Waals surface area contributed by atoms with Crippen LogP contribution in [0.1, 0.15) is 33.1 Å². The Bertz CT molecular complexity index is 300. The molecular weight excluding hydrogens is 269 g/mol. The maximum absolute atomic E-state index is 12.1. The van der Waals surface area contributed by atoms with E-state index in [0.717, 1.165) is 13.1 Å². The van der Waals surface area contributed by atoms with Gasteiger partial charge in [-0.2, -0.15) is 13.2 Å².